The van der Waals surface area contributed by atoms with Gasteiger partial charge in [-0.1, -0.05) is 20.8 Å². The van der Waals surface area contributed by atoms with Gasteiger partial charge in [-0.2, -0.15) is 5.26 Å². The van der Waals surface area contributed by atoms with Crippen LogP contribution in [0.4, 0.5) is 5.00 Å². The molecule has 0 saturated carbocycles. The molecular formula is C23H28N2O3S. The number of aliphatic imine (C=N–C) groups is 1. The van der Waals surface area contributed by atoms with Crippen LogP contribution in [0.5, 0.6) is 17.2 Å². The van der Waals surface area contributed by atoms with E-state index in [4.69, 9.17) is 14.2 Å². The van der Waals surface area contributed by atoms with Gasteiger partial charge < -0.3 is 14.2 Å². The van der Waals surface area contributed by atoms with Gasteiger partial charge >= 0.3 is 0 Å². The molecule has 1 aliphatic rings. The molecular weight excluding hydrogens is 384 g/mol. The van der Waals surface area contributed by atoms with Crippen LogP contribution in [0, 0.1) is 22.7 Å². The van der Waals surface area contributed by atoms with E-state index >= 15 is 0 Å². The first-order chi connectivity index (χ1) is 13.8. The molecule has 0 bridgehead atoms. The van der Waals surface area contributed by atoms with E-state index in [9.17, 15) is 5.26 Å². The Bertz CT molecular complexity index is 939. The van der Waals surface area contributed by atoms with E-state index in [0.29, 0.717) is 28.7 Å². The maximum Gasteiger partial charge on any atom is 0.135 e. The highest BCUT2D eigenvalue weighted by atomic mass is 32.1. The van der Waals surface area contributed by atoms with Crippen molar-refractivity contribution in [1.29, 1.82) is 5.26 Å². The molecule has 6 heteroatoms. The summed E-state index contributed by atoms with van der Waals surface area (Å²) in [4.78, 5) is 5.98. The number of methoxy groups -OCH3 is 3. The number of nitrogens with zero attached hydrogens (tertiary/aromatic N) is 2. The van der Waals surface area contributed by atoms with Crippen LogP contribution in [-0.2, 0) is 12.8 Å². The van der Waals surface area contributed by atoms with Crippen LogP contribution < -0.4 is 14.2 Å². The van der Waals surface area contributed by atoms with E-state index < -0.39 is 0 Å². The fourth-order valence-corrected chi connectivity index (χ4v) is 5.02. The second-order valence-electron chi connectivity index (χ2n) is 8.31. The second-order valence-corrected chi connectivity index (χ2v) is 9.39. The molecule has 0 spiro atoms. The molecule has 0 unspecified atom stereocenters. The Kier molecular flexibility index (Phi) is 6.18. The maximum absolute atomic E-state index is 9.77. The molecule has 1 aliphatic carbocycles. The van der Waals surface area contributed by atoms with Gasteiger partial charge in [-0.05, 0) is 36.2 Å². The molecule has 1 heterocycles. The SMILES string of the molecule is COc1cc(OC)c(C=Nc2sc3c(c2C#N)CC[C@@H](C(C)(C)C)C3)c(OC)c1. The number of thiophene rings is 1. The van der Waals surface area contributed by atoms with Gasteiger partial charge in [0.2, 0.25) is 0 Å². The monoisotopic (exact) mass is 412 g/mol. The Hall–Kier alpha value is -2.52. The van der Waals surface area contributed by atoms with Gasteiger partial charge in [-0.3, -0.25) is 0 Å². The van der Waals surface area contributed by atoms with Crippen LogP contribution in [0.15, 0.2) is 17.1 Å². The number of rotatable bonds is 5. The van der Waals surface area contributed by atoms with Crippen molar-refractivity contribution < 1.29 is 14.2 Å². The Balaban J connectivity index is 1.99. The van der Waals surface area contributed by atoms with Crippen molar-refractivity contribution in [3.8, 4) is 23.3 Å². The lowest BCUT2D eigenvalue weighted by atomic mass is 9.72. The molecule has 1 aromatic heterocycles. The summed E-state index contributed by atoms with van der Waals surface area (Å²) in [5.74, 6) is 2.49. The summed E-state index contributed by atoms with van der Waals surface area (Å²) >= 11 is 1.63. The van der Waals surface area contributed by atoms with Crippen LogP contribution in [-0.4, -0.2) is 27.5 Å². The summed E-state index contributed by atoms with van der Waals surface area (Å²) in [6.07, 6.45) is 4.80. The first kappa shape index (κ1) is 21.2. The van der Waals surface area contributed by atoms with E-state index in [1.165, 1.54) is 10.4 Å². The van der Waals surface area contributed by atoms with Crippen LogP contribution in [0.2, 0.25) is 0 Å². The summed E-state index contributed by atoms with van der Waals surface area (Å²) in [6, 6.07) is 5.97. The fraction of sp³-hybridized carbons (Fsp3) is 0.478. The van der Waals surface area contributed by atoms with Crippen molar-refractivity contribution in [1.82, 2.24) is 0 Å². The molecule has 3 rings (SSSR count). The smallest absolute Gasteiger partial charge is 0.135 e. The normalized spacial score (nSPS) is 16.4. The lowest BCUT2D eigenvalue weighted by Gasteiger charge is -2.33. The van der Waals surface area contributed by atoms with Gasteiger partial charge in [0.1, 0.15) is 28.3 Å². The van der Waals surface area contributed by atoms with Crippen molar-refractivity contribution in [2.45, 2.75) is 40.0 Å². The van der Waals surface area contributed by atoms with Gasteiger partial charge in [-0.15, -0.1) is 11.3 Å². The zero-order valence-electron chi connectivity index (χ0n) is 18.0. The minimum Gasteiger partial charge on any atom is -0.496 e. The first-order valence-corrected chi connectivity index (χ1v) is 10.5. The quantitative estimate of drug-likeness (QED) is 0.604. The predicted octanol–water partition coefficient (Wildman–Crippen LogP) is 5.55. The molecule has 29 heavy (non-hydrogen) atoms. The van der Waals surface area contributed by atoms with Crippen molar-refractivity contribution in [2.75, 3.05) is 21.3 Å². The third kappa shape index (κ3) is 4.25. The van der Waals surface area contributed by atoms with Crippen molar-refractivity contribution in [2.24, 2.45) is 16.3 Å². The fourth-order valence-electron chi connectivity index (χ4n) is 3.80. The van der Waals surface area contributed by atoms with Crippen LogP contribution in [0.25, 0.3) is 0 Å². The molecule has 154 valence electrons. The minimum atomic E-state index is 0.266. The number of fused-ring (bicyclic) bond motifs is 1. The van der Waals surface area contributed by atoms with E-state index in [1.807, 2.05) is 0 Å². The highest BCUT2D eigenvalue weighted by Crippen LogP contribution is 2.45. The molecule has 2 aromatic rings. The van der Waals surface area contributed by atoms with E-state index in [1.54, 1.807) is 51.0 Å². The Labute approximate surface area is 176 Å². The van der Waals surface area contributed by atoms with Gasteiger partial charge in [0.05, 0.1) is 32.5 Å². The number of benzene rings is 1. The van der Waals surface area contributed by atoms with Crippen LogP contribution >= 0.6 is 11.3 Å². The van der Waals surface area contributed by atoms with Crippen LogP contribution in [0.1, 0.15) is 48.8 Å². The zero-order chi connectivity index (χ0) is 21.2. The minimum absolute atomic E-state index is 0.266. The molecule has 0 fully saturated rings. The third-order valence-electron chi connectivity index (χ3n) is 5.65. The highest BCUT2D eigenvalue weighted by Gasteiger charge is 2.32. The van der Waals surface area contributed by atoms with E-state index in [0.717, 1.165) is 29.8 Å². The molecule has 0 aliphatic heterocycles. The predicted molar refractivity (Wildman–Crippen MR) is 117 cm³/mol. The molecule has 0 radical (unpaired) electrons. The summed E-state index contributed by atoms with van der Waals surface area (Å²) in [5.41, 5.74) is 2.87. The lowest BCUT2D eigenvalue weighted by Crippen LogP contribution is -2.26. The van der Waals surface area contributed by atoms with Crippen LogP contribution in [0.3, 0.4) is 0 Å². The molecule has 1 aromatic carbocycles. The largest absolute Gasteiger partial charge is 0.496 e. The Morgan fingerprint density at radius 3 is 2.31 bits per heavy atom. The first-order valence-electron chi connectivity index (χ1n) is 9.71. The Morgan fingerprint density at radius 2 is 1.79 bits per heavy atom. The number of ether oxygens (including phenoxy) is 3. The molecule has 1 atom stereocenters. The highest BCUT2D eigenvalue weighted by molar-refractivity contribution is 7.16. The maximum atomic E-state index is 9.77. The zero-order valence-corrected chi connectivity index (χ0v) is 18.8. The number of hydrogen-bond acceptors (Lipinski definition) is 6. The van der Waals surface area contributed by atoms with Gasteiger partial charge in [0, 0.05) is 23.2 Å². The van der Waals surface area contributed by atoms with E-state index in [2.05, 4.69) is 31.8 Å². The third-order valence-corrected chi connectivity index (χ3v) is 6.81. The lowest BCUT2D eigenvalue weighted by molar-refractivity contribution is 0.218. The summed E-state index contributed by atoms with van der Waals surface area (Å²) in [5, 5.41) is 10.5. The summed E-state index contributed by atoms with van der Waals surface area (Å²) < 4.78 is 16.3. The average molecular weight is 413 g/mol. The van der Waals surface area contributed by atoms with Crippen molar-refractivity contribution >= 4 is 22.6 Å². The van der Waals surface area contributed by atoms with Crippen molar-refractivity contribution in [3.05, 3.63) is 33.7 Å². The number of nitriles is 1. The molecule has 0 N–H and O–H groups in total. The molecule has 0 amide bonds. The van der Waals surface area contributed by atoms with Gasteiger partial charge in [0.25, 0.3) is 0 Å². The van der Waals surface area contributed by atoms with Gasteiger partial charge in [0.15, 0.2) is 0 Å². The Morgan fingerprint density at radius 1 is 1.14 bits per heavy atom. The van der Waals surface area contributed by atoms with E-state index in [-0.39, 0.29) is 5.41 Å². The average Bonchev–Trinajstić information content (AvgIpc) is 3.07. The summed E-state index contributed by atoms with van der Waals surface area (Å²) in [6.45, 7) is 6.88. The molecule has 5 nitrogen and oxygen atoms in total. The van der Waals surface area contributed by atoms with Crippen molar-refractivity contribution in [3.63, 3.8) is 0 Å². The standard InChI is InChI=1S/C23H28N2O3S/c1-23(2,3)14-7-8-16-17(12-24)22(29-21(16)9-14)25-13-18-19(27-5)10-15(26-4)11-20(18)28-6/h10-11,13-14H,7-9H2,1-6H3/t14-/m1/s1. The summed E-state index contributed by atoms with van der Waals surface area (Å²) in [7, 11) is 4.80. The second kappa shape index (κ2) is 8.46. The molecule has 0 saturated heterocycles. The number of hydrogen-bond donors (Lipinski definition) is 0. The van der Waals surface area contributed by atoms with Gasteiger partial charge in [-0.25, -0.2) is 4.99 Å². The topological polar surface area (TPSA) is 63.8 Å².